The molecule has 0 aromatic rings. The van der Waals surface area contributed by atoms with Crippen molar-refractivity contribution in [2.45, 2.75) is 44.8 Å². The summed E-state index contributed by atoms with van der Waals surface area (Å²) in [6, 6.07) is 0. The SMILES string of the molecule is CC(C)(C)OC(=O)N1CCC2(C=C(Cl)NO2)CC1. The summed E-state index contributed by atoms with van der Waals surface area (Å²) in [4.78, 5) is 19.1. The van der Waals surface area contributed by atoms with Crippen LogP contribution in [0, 0.1) is 0 Å². The van der Waals surface area contributed by atoms with Crippen molar-refractivity contribution in [3.8, 4) is 0 Å². The molecule has 6 heteroatoms. The predicted molar refractivity (Wildman–Crippen MR) is 67.9 cm³/mol. The molecule has 1 saturated heterocycles. The first-order valence-corrected chi connectivity index (χ1v) is 6.48. The van der Waals surface area contributed by atoms with Crippen LogP contribution in [-0.2, 0) is 9.57 Å². The number of rotatable bonds is 0. The molecule has 1 N–H and O–H groups in total. The van der Waals surface area contributed by atoms with Gasteiger partial charge in [0.1, 0.15) is 16.4 Å². The summed E-state index contributed by atoms with van der Waals surface area (Å²) in [6.07, 6.45) is 3.05. The Morgan fingerprint density at radius 1 is 1.50 bits per heavy atom. The Morgan fingerprint density at radius 3 is 2.56 bits per heavy atom. The molecule has 18 heavy (non-hydrogen) atoms. The molecule has 1 amide bonds. The summed E-state index contributed by atoms with van der Waals surface area (Å²) < 4.78 is 5.34. The molecule has 0 atom stereocenters. The van der Waals surface area contributed by atoms with Crippen LogP contribution in [-0.4, -0.2) is 35.3 Å². The Morgan fingerprint density at radius 2 is 2.11 bits per heavy atom. The van der Waals surface area contributed by atoms with Crippen LogP contribution in [0.15, 0.2) is 11.2 Å². The molecular weight excluding hydrogens is 256 g/mol. The molecule has 1 spiro atoms. The molecule has 2 rings (SSSR count). The maximum absolute atomic E-state index is 11.9. The fourth-order valence-corrected chi connectivity index (χ4v) is 2.32. The zero-order valence-corrected chi connectivity index (χ0v) is 11.7. The topological polar surface area (TPSA) is 50.8 Å². The van der Waals surface area contributed by atoms with Gasteiger partial charge in [-0.1, -0.05) is 11.6 Å². The van der Waals surface area contributed by atoms with E-state index in [4.69, 9.17) is 21.2 Å². The van der Waals surface area contributed by atoms with E-state index in [2.05, 4.69) is 5.48 Å². The van der Waals surface area contributed by atoms with E-state index in [0.29, 0.717) is 18.2 Å². The van der Waals surface area contributed by atoms with E-state index in [1.807, 2.05) is 26.8 Å². The number of piperidine rings is 1. The van der Waals surface area contributed by atoms with Gasteiger partial charge in [0.15, 0.2) is 0 Å². The lowest BCUT2D eigenvalue weighted by molar-refractivity contribution is -0.0735. The summed E-state index contributed by atoms with van der Waals surface area (Å²) in [5.74, 6) is 0. The maximum atomic E-state index is 11.9. The molecule has 0 bridgehead atoms. The van der Waals surface area contributed by atoms with Crippen molar-refractivity contribution in [3.63, 3.8) is 0 Å². The lowest BCUT2D eigenvalue weighted by atomic mass is 9.92. The second-order valence-corrected chi connectivity index (χ2v) is 6.14. The Hall–Kier alpha value is -0.940. The molecule has 2 heterocycles. The van der Waals surface area contributed by atoms with Gasteiger partial charge in [-0.3, -0.25) is 10.3 Å². The normalized spacial score (nSPS) is 22.7. The number of hydrogen-bond donors (Lipinski definition) is 1. The summed E-state index contributed by atoms with van der Waals surface area (Å²) in [6.45, 7) is 6.81. The Bertz CT molecular complexity index is 368. The molecule has 0 aromatic carbocycles. The highest BCUT2D eigenvalue weighted by Crippen LogP contribution is 2.33. The second kappa shape index (κ2) is 4.63. The molecule has 0 saturated carbocycles. The number of nitrogens with zero attached hydrogens (tertiary/aromatic N) is 1. The van der Waals surface area contributed by atoms with Gasteiger partial charge < -0.3 is 9.64 Å². The van der Waals surface area contributed by atoms with Crippen molar-refractivity contribution < 1.29 is 14.4 Å². The minimum Gasteiger partial charge on any atom is -0.444 e. The van der Waals surface area contributed by atoms with E-state index >= 15 is 0 Å². The monoisotopic (exact) mass is 274 g/mol. The zero-order chi connectivity index (χ0) is 13.4. The van der Waals surface area contributed by atoms with Crippen LogP contribution in [0.25, 0.3) is 0 Å². The summed E-state index contributed by atoms with van der Waals surface area (Å²) in [5.41, 5.74) is 1.83. The smallest absolute Gasteiger partial charge is 0.410 e. The molecule has 0 radical (unpaired) electrons. The fourth-order valence-electron chi connectivity index (χ4n) is 2.08. The number of amides is 1. The number of ether oxygens (including phenoxy) is 1. The average Bonchev–Trinajstić information content (AvgIpc) is 2.58. The lowest BCUT2D eigenvalue weighted by Gasteiger charge is -2.37. The van der Waals surface area contributed by atoms with Gasteiger partial charge in [-0.05, 0) is 26.8 Å². The van der Waals surface area contributed by atoms with Crippen LogP contribution < -0.4 is 5.48 Å². The Balaban J connectivity index is 1.89. The third kappa shape index (κ3) is 3.09. The number of nitrogens with one attached hydrogen (secondary N) is 1. The Kier molecular flexibility index (Phi) is 3.47. The largest absolute Gasteiger partial charge is 0.444 e. The minimum absolute atomic E-state index is 0.265. The number of hydrogen-bond acceptors (Lipinski definition) is 4. The quantitative estimate of drug-likeness (QED) is 0.689. The van der Waals surface area contributed by atoms with Crippen molar-refractivity contribution in [1.29, 1.82) is 0 Å². The lowest BCUT2D eigenvalue weighted by Crippen LogP contribution is -2.48. The number of hydroxylamine groups is 1. The summed E-state index contributed by atoms with van der Waals surface area (Å²) in [5, 5.41) is 0.515. The van der Waals surface area contributed by atoms with Crippen molar-refractivity contribution in [3.05, 3.63) is 11.2 Å². The number of likely N-dealkylation sites (tertiary alicyclic amines) is 1. The van der Waals surface area contributed by atoms with Crippen LogP contribution in [0.2, 0.25) is 0 Å². The van der Waals surface area contributed by atoms with Gasteiger partial charge in [0.05, 0.1) is 0 Å². The van der Waals surface area contributed by atoms with Crippen LogP contribution in [0.3, 0.4) is 0 Å². The average molecular weight is 275 g/mol. The zero-order valence-electron chi connectivity index (χ0n) is 11.0. The minimum atomic E-state index is -0.457. The molecule has 0 aliphatic carbocycles. The van der Waals surface area contributed by atoms with Gasteiger partial charge in [0.25, 0.3) is 0 Å². The fraction of sp³-hybridized carbons (Fsp3) is 0.750. The van der Waals surface area contributed by atoms with Crippen LogP contribution in [0.1, 0.15) is 33.6 Å². The number of carbonyl (C=O) groups is 1. The molecule has 102 valence electrons. The van der Waals surface area contributed by atoms with Crippen molar-refractivity contribution in [2.24, 2.45) is 0 Å². The summed E-state index contributed by atoms with van der Waals surface area (Å²) >= 11 is 5.84. The van der Waals surface area contributed by atoms with Gasteiger partial charge in [0, 0.05) is 25.9 Å². The first kappa shape index (κ1) is 13.5. The van der Waals surface area contributed by atoms with Gasteiger partial charge in [-0.2, -0.15) is 0 Å². The van der Waals surface area contributed by atoms with Gasteiger partial charge >= 0.3 is 6.09 Å². The van der Waals surface area contributed by atoms with Crippen molar-refractivity contribution in [2.75, 3.05) is 13.1 Å². The van der Waals surface area contributed by atoms with E-state index in [1.54, 1.807) is 4.90 Å². The second-order valence-electron chi connectivity index (χ2n) is 5.73. The molecule has 2 aliphatic rings. The molecule has 0 unspecified atom stereocenters. The molecule has 2 aliphatic heterocycles. The van der Waals surface area contributed by atoms with Crippen molar-refractivity contribution >= 4 is 17.7 Å². The van der Waals surface area contributed by atoms with E-state index in [1.165, 1.54) is 0 Å². The highest BCUT2D eigenvalue weighted by molar-refractivity contribution is 6.29. The van der Waals surface area contributed by atoms with E-state index < -0.39 is 5.60 Å². The highest BCUT2D eigenvalue weighted by Gasteiger charge is 2.40. The standard InChI is InChI=1S/C12H19ClN2O3/c1-11(2,3)17-10(16)15-6-4-12(5-7-15)8-9(13)14-18-12/h8,14H,4-7H2,1-3H3. The Labute approximate surface area is 112 Å². The highest BCUT2D eigenvalue weighted by atomic mass is 35.5. The third-order valence-electron chi connectivity index (χ3n) is 3.00. The van der Waals surface area contributed by atoms with Crippen LogP contribution in [0.5, 0.6) is 0 Å². The van der Waals surface area contributed by atoms with Crippen LogP contribution in [0.4, 0.5) is 4.79 Å². The molecule has 5 nitrogen and oxygen atoms in total. The predicted octanol–water partition coefficient (Wildman–Crippen LogP) is 2.37. The van der Waals surface area contributed by atoms with E-state index in [0.717, 1.165) is 12.8 Å². The summed E-state index contributed by atoms with van der Waals surface area (Å²) in [7, 11) is 0. The molecular formula is C12H19ClN2O3. The molecule has 1 fully saturated rings. The maximum Gasteiger partial charge on any atom is 0.410 e. The van der Waals surface area contributed by atoms with Gasteiger partial charge in [-0.15, -0.1) is 0 Å². The van der Waals surface area contributed by atoms with Crippen molar-refractivity contribution in [1.82, 2.24) is 10.4 Å². The van der Waals surface area contributed by atoms with Gasteiger partial charge in [-0.25, -0.2) is 4.79 Å². The number of halogens is 1. The molecule has 0 aromatic heterocycles. The van der Waals surface area contributed by atoms with Gasteiger partial charge in [0.2, 0.25) is 0 Å². The first-order chi connectivity index (χ1) is 8.30. The first-order valence-electron chi connectivity index (χ1n) is 6.10. The van der Waals surface area contributed by atoms with E-state index in [9.17, 15) is 4.79 Å². The van der Waals surface area contributed by atoms with Crippen LogP contribution >= 0.6 is 11.6 Å². The van der Waals surface area contributed by atoms with E-state index in [-0.39, 0.29) is 11.7 Å². The third-order valence-corrected chi connectivity index (χ3v) is 3.19. The number of carbonyl (C=O) groups excluding carboxylic acids is 1.